The van der Waals surface area contributed by atoms with E-state index in [2.05, 4.69) is 15.0 Å². The number of nitrogens with zero attached hydrogens (tertiary/aromatic N) is 3. The first kappa shape index (κ1) is 11.3. The molecule has 7 heteroatoms. The molecule has 16 heavy (non-hydrogen) atoms. The van der Waals surface area contributed by atoms with Crippen molar-refractivity contribution in [2.24, 2.45) is 0 Å². The fourth-order valence-corrected chi connectivity index (χ4v) is 1.53. The van der Waals surface area contributed by atoms with E-state index in [4.69, 9.17) is 27.9 Å². The molecule has 0 amide bonds. The molecule has 0 aliphatic carbocycles. The van der Waals surface area contributed by atoms with Gasteiger partial charge in [0.2, 0.25) is 11.2 Å². The van der Waals surface area contributed by atoms with Crippen LogP contribution in [0.15, 0.2) is 6.20 Å². The number of halogens is 3. The number of ether oxygens (including phenoxy) is 1. The molecule has 0 saturated heterocycles. The molecule has 0 bridgehead atoms. The lowest BCUT2D eigenvalue weighted by Gasteiger charge is -2.06. The van der Waals surface area contributed by atoms with Crippen molar-refractivity contribution in [3.63, 3.8) is 0 Å². The zero-order valence-electron chi connectivity index (χ0n) is 8.17. The van der Waals surface area contributed by atoms with Crippen molar-refractivity contribution >= 4 is 34.1 Å². The van der Waals surface area contributed by atoms with Gasteiger partial charge in [-0.15, -0.1) is 0 Å². The lowest BCUT2D eigenvalue weighted by molar-refractivity contribution is 0.330. The summed E-state index contributed by atoms with van der Waals surface area (Å²) in [6.07, 6.45) is 1.35. The average Bonchev–Trinajstić information content (AvgIpc) is 2.24. The normalized spacial score (nSPS) is 10.8. The van der Waals surface area contributed by atoms with E-state index >= 15 is 0 Å². The van der Waals surface area contributed by atoms with Crippen LogP contribution in [0.3, 0.4) is 0 Å². The van der Waals surface area contributed by atoms with Gasteiger partial charge in [-0.25, -0.2) is 14.4 Å². The highest BCUT2D eigenvalue weighted by Gasteiger charge is 2.14. The molecule has 0 unspecified atom stereocenters. The molecule has 2 rings (SSSR count). The van der Waals surface area contributed by atoms with E-state index < -0.39 is 5.82 Å². The maximum absolute atomic E-state index is 13.6. The van der Waals surface area contributed by atoms with Crippen LogP contribution in [0.1, 0.15) is 6.92 Å². The van der Waals surface area contributed by atoms with E-state index in [0.717, 1.165) is 0 Å². The third-order valence-corrected chi connectivity index (χ3v) is 2.29. The summed E-state index contributed by atoms with van der Waals surface area (Å²) in [4.78, 5) is 11.3. The van der Waals surface area contributed by atoms with Gasteiger partial charge < -0.3 is 4.74 Å². The van der Waals surface area contributed by atoms with E-state index in [1.165, 1.54) is 6.20 Å². The Labute approximate surface area is 100 Å². The van der Waals surface area contributed by atoms with Gasteiger partial charge in [0.15, 0.2) is 11.0 Å². The minimum atomic E-state index is -0.732. The van der Waals surface area contributed by atoms with Gasteiger partial charge in [-0.3, -0.25) is 0 Å². The summed E-state index contributed by atoms with van der Waals surface area (Å²) in [7, 11) is 0. The SMILES string of the molecule is CCOc1nc(Cl)nc2c(F)c(Cl)ncc12. The zero-order chi connectivity index (χ0) is 11.7. The molecule has 4 nitrogen and oxygen atoms in total. The summed E-state index contributed by atoms with van der Waals surface area (Å²) in [5, 5.41) is -0.0185. The van der Waals surface area contributed by atoms with Crippen molar-refractivity contribution in [1.29, 1.82) is 0 Å². The molecule has 2 heterocycles. The van der Waals surface area contributed by atoms with Crippen molar-refractivity contribution in [2.75, 3.05) is 6.61 Å². The Balaban J connectivity index is 2.78. The molecule has 84 valence electrons. The molecule has 0 fully saturated rings. The van der Waals surface area contributed by atoms with Crippen molar-refractivity contribution < 1.29 is 9.13 Å². The quantitative estimate of drug-likeness (QED) is 0.616. The number of pyridine rings is 1. The number of aromatic nitrogens is 3. The van der Waals surface area contributed by atoms with Crippen molar-refractivity contribution in [3.05, 3.63) is 22.5 Å². The van der Waals surface area contributed by atoms with E-state index in [0.29, 0.717) is 12.0 Å². The van der Waals surface area contributed by atoms with Crippen LogP contribution in [0.4, 0.5) is 4.39 Å². The molecule has 0 aromatic carbocycles. The Hall–Kier alpha value is -1.20. The van der Waals surface area contributed by atoms with E-state index in [-0.39, 0.29) is 21.8 Å². The predicted octanol–water partition coefficient (Wildman–Crippen LogP) is 2.87. The lowest BCUT2D eigenvalue weighted by atomic mass is 10.3. The highest BCUT2D eigenvalue weighted by Crippen LogP contribution is 2.27. The number of hydrogen-bond acceptors (Lipinski definition) is 4. The third kappa shape index (κ3) is 1.88. The predicted molar refractivity (Wildman–Crippen MR) is 58.5 cm³/mol. The first-order chi connectivity index (χ1) is 7.63. The Morgan fingerprint density at radius 3 is 2.81 bits per heavy atom. The molecule has 0 atom stereocenters. The molecule has 0 aliphatic heterocycles. The van der Waals surface area contributed by atoms with Crippen LogP contribution < -0.4 is 4.74 Å². The zero-order valence-corrected chi connectivity index (χ0v) is 9.68. The van der Waals surface area contributed by atoms with Crippen LogP contribution in [-0.4, -0.2) is 21.6 Å². The number of rotatable bonds is 2. The van der Waals surface area contributed by atoms with Crippen LogP contribution in [-0.2, 0) is 0 Å². The highest BCUT2D eigenvalue weighted by atomic mass is 35.5. The minimum absolute atomic E-state index is 0.00319. The van der Waals surface area contributed by atoms with Crippen LogP contribution in [0.2, 0.25) is 10.4 Å². The van der Waals surface area contributed by atoms with Gasteiger partial charge >= 0.3 is 0 Å². The summed E-state index contributed by atoms with van der Waals surface area (Å²) in [6, 6.07) is 0. The molecular weight excluding hydrogens is 256 g/mol. The van der Waals surface area contributed by atoms with Gasteiger partial charge in [-0.1, -0.05) is 11.6 Å². The van der Waals surface area contributed by atoms with E-state index in [9.17, 15) is 4.39 Å². The Morgan fingerprint density at radius 1 is 1.38 bits per heavy atom. The monoisotopic (exact) mass is 261 g/mol. The van der Waals surface area contributed by atoms with Crippen LogP contribution in [0, 0.1) is 5.82 Å². The van der Waals surface area contributed by atoms with Gasteiger partial charge in [-0.2, -0.15) is 4.98 Å². The van der Waals surface area contributed by atoms with Gasteiger partial charge in [0.05, 0.1) is 12.0 Å². The maximum atomic E-state index is 13.6. The Bertz CT molecular complexity index is 550. The van der Waals surface area contributed by atoms with Gasteiger partial charge in [0, 0.05) is 6.20 Å². The smallest absolute Gasteiger partial charge is 0.227 e. The molecule has 0 N–H and O–H groups in total. The molecule has 0 saturated carbocycles. The third-order valence-electron chi connectivity index (χ3n) is 1.86. The number of hydrogen-bond donors (Lipinski definition) is 0. The lowest BCUT2D eigenvalue weighted by Crippen LogP contribution is -1.99. The second-order valence-corrected chi connectivity index (χ2v) is 3.55. The fraction of sp³-hybridized carbons (Fsp3) is 0.222. The summed E-state index contributed by atoms with van der Waals surface area (Å²) >= 11 is 11.2. The van der Waals surface area contributed by atoms with Crippen LogP contribution in [0.5, 0.6) is 5.88 Å². The first-order valence-corrected chi connectivity index (χ1v) is 5.19. The van der Waals surface area contributed by atoms with Crippen LogP contribution in [0.25, 0.3) is 10.9 Å². The van der Waals surface area contributed by atoms with Gasteiger partial charge in [0.25, 0.3) is 0 Å². The summed E-state index contributed by atoms with van der Waals surface area (Å²) in [6.45, 7) is 2.16. The van der Waals surface area contributed by atoms with Crippen molar-refractivity contribution in [3.8, 4) is 5.88 Å². The van der Waals surface area contributed by atoms with Gasteiger partial charge in [0.1, 0.15) is 5.52 Å². The van der Waals surface area contributed by atoms with Crippen LogP contribution >= 0.6 is 23.2 Å². The van der Waals surface area contributed by atoms with Gasteiger partial charge in [-0.05, 0) is 18.5 Å². The summed E-state index contributed by atoms with van der Waals surface area (Å²) in [5.74, 6) is -0.537. The largest absolute Gasteiger partial charge is 0.477 e. The standard InChI is InChI=1S/C9H6Cl2FN3O/c1-2-16-8-4-3-13-7(10)5(12)6(4)14-9(11)15-8/h3H,2H2,1H3. The minimum Gasteiger partial charge on any atom is -0.477 e. The highest BCUT2D eigenvalue weighted by molar-refractivity contribution is 6.30. The average molecular weight is 262 g/mol. The molecule has 0 spiro atoms. The molecular formula is C9H6Cl2FN3O. The molecule has 2 aromatic rings. The van der Waals surface area contributed by atoms with Crippen molar-refractivity contribution in [1.82, 2.24) is 15.0 Å². The number of fused-ring (bicyclic) bond motifs is 1. The Kier molecular flexibility index (Phi) is 3.07. The summed E-state index contributed by atoms with van der Waals surface area (Å²) in [5.41, 5.74) is 0.00319. The Morgan fingerprint density at radius 2 is 2.12 bits per heavy atom. The van der Waals surface area contributed by atoms with E-state index in [1.807, 2.05) is 0 Å². The maximum Gasteiger partial charge on any atom is 0.227 e. The fourth-order valence-electron chi connectivity index (χ4n) is 1.23. The second-order valence-electron chi connectivity index (χ2n) is 2.86. The van der Waals surface area contributed by atoms with E-state index in [1.54, 1.807) is 6.92 Å². The molecule has 0 radical (unpaired) electrons. The summed E-state index contributed by atoms with van der Waals surface area (Å²) < 4.78 is 18.8. The van der Waals surface area contributed by atoms with Crippen molar-refractivity contribution in [2.45, 2.75) is 6.92 Å². The first-order valence-electron chi connectivity index (χ1n) is 4.43. The second kappa shape index (κ2) is 4.35. The topological polar surface area (TPSA) is 47.9 Å². The molecule has 0 aliphatic rings. The molecule has 2 aromatic heterocycles.